The number of hydrogen-bond donors (Lipinski definition) is 1. The van der Waals surface area contributed by atoms with E-state index >= 15 is 0 Å². The number of sulfonamides is 1. The van der Waals surface area contributed by atoms with Crippen LogP contribution in [0.5, 0.6) is 0 Å². The smallest absolute Gasteiger partial charge is 0.338 e. The van der Waals surface area contributed by atoms with Crippen LogP contribution in [0.15, 0.2) is 51.8 Å². The lowest BCUT2D eigenvalue weighted by Gasteiger charge is -2.22. The second kappa shape index (κ2) is 8.40. The first-order valence-electron chi connectivity index (χ1n) is 9.68. The fourth-order valence-corrected chi connectivity index (χ4v) is 5.59. The van der Waals surface area contributed by atoms with Gasteiger partial charge in [-0.05, 0) is 61.2 Å². The Kier molecular flexibility index (Phi) is 5.78. The molecule has 9 nitrogen and oxygen atoms in total. The van der Waals surface area contributed by atoms with Gasteiger partial charge in [0.2, 0.25) is 11.7 Å². The number of fused-ring (bicyclic) bond motifs is 3. The number of Topliss-reactive ketones (excluding diaryl/α,β-unsaturated/α-hetero) is 1. The van der Waals surface area contributed by atoms with Gasteiger partial charge in [0.25, 0.3) is 10.0 Å². The van der Waals surface area contributed by atoms with Crippen LogP contribution in [0.1, 0.15) is 34.6 Å². The van der Waals surface area contributed by atoms with Crippen LogP contribution in [0.3, 0.4) is 0 Å². The number of ether oxygens (including phenoxy) is 1. The van der Waals surface area contributed by atoms with Crippen molar-refractivity contribution in [2.45, 2.75) is 24.8 Å². The number of esters is 1. The number of rotatable bonds is 5. The molecule has 32 heavy (non-hydrogen) atoms. The molecule has 2 aliphatic heterocycles. The SMILES string of the molecule is CC(=O)Nc1ccc(C(=O)C(C)OC(=O)c2ccc3c(c2)SC2=NS(=O)(=O)CCN23)cc1. The molecule has 4 rings (SSSR count). The number of amidine groups is 1. The van der Waals surface area contributed by atoms with Crippen molar-refractivity contribution in [2.24, 2.45) is 4.40 Å². The minimum atomic E-state index is -3.47. The minimum Gasteiger partial charge on any atom is -0.451 e. The van der Waals surface area contributed by atoms with Crippen LogP contribution in [0.4, 0.5) is 11.4 Å². The van der Waals surface area contributed by atoms with E-state index in [1.54, 1.807) is 47.4 Å². The Morgan fingerprint density at radius 1 is 1.12 bits per heavy atom. The lowest BCUT2D eigenvalue weighted by molar-refractivity contribution is -0.114. The van der Waals surface area contributed by atoms with Crippen LogP contribution in [0, 0.1) is 0 Å². The van der Waals surface area contributed by atoms with Gasteiger partial charge in [-0.3, -0.25) is 9.59 Å². The van der Waals surface area contributed by atoms with Crippen LogP contribution in [-0.2, 0) is 19.6 Å². The first-order valence-corrected chi connectivity index (χ1v) is 12.1. The van der Waals surface area contributed by atoms with Gasteiger partial charge in [-0.2, -0.15) is 0 Å². The molecule has 1 amide bonds. The van der Waals surface area contributed by atoms with Crippen LogP contribution in [0.2, 0.25) is 0 Å². The highest BCUT2D eigenvalue weighted by molar-refractivity contribution is 8.15. The molecular weight excluding hydrogens is 454 g/mol. The molecule has 0 spiro atoms. The molecule has 2 heterocycles. The maximum Gasteiger partial charge on any atom is 0.338 e. The minimum absolute atomic E-state index is 0.0638. The Hall–Kier alpha value is -3.18. The molecule has 2 aliphatic rings. The Bertz CT molecular complexity index is 1250. The summed E-state index contributed by atoms with van der Waals surface area (Å²) in [5.41, 5.74) is 1.94. The second-order valence-corrected chi connectivity index (χ2v) is 10.0. The summed E-state index contributed by atoms with van der Waals surface area (Å²) in [6.45, 7) is 3.18. The van der Waals surface area contributed by atoms with E-state index in [9.17, 15) is 22.8 Å². The lowest BCUT2D eigenvalue weighted by atomic mass is 10.1. The molecule has 2 aromatic rings. The molecule has 0 aliphatic carbocycles. The van der Waals surface area contributed by atoms with Crippen molar-refractivity contribution in [1.82, 2.24) is 0 Å². The highest BCUT2D eigenvalue weighted by atomic mass is 32.2. The molecule has 2 aromatic carbocycles. The maximum atomic E-state index is 12.6. The number of ketones is 1. The summed E-state index contributed by atoms with van der Waals surface area (Å²) >= 11 is 1.17. The van der Waals surface area contributed by atoms with Crippen molar-refractivity contribution in [3.8, 4) is 0 Å². The summed E-state index contributed by atoms with van der Waals surface area (Å²) in [6.07, 6.45) is -1.02. The van der Waals surface area contributed by atoms with E-state index in [1.165, 1.54) is 25.6 Å². The van der Waals surface area contributed by atoms with Crippen LogP contribution in [0.25, 0.3) is 0 Å². The first-order chi connectivity index (χ1) is 15.1. The molecule has 1 N–H and O–H groups in total. The zero-order valence-electron chi connectivity index (χ0n) is 17.2. The van der Waals surface area contributed by atoms with Gasteiger partial charge < -0.3 is 15.0 Å². The highest BCUT2D eigenvalue weighted by Gasteiger charge is 2.33. The van der Waals surface area contributed by atoms with Crippen molar-refractivity contribution in [2.75, 3.05) is 22.5 Å². The third-order valence-corrected chi connectivity index (χ3v) is 7.16. The molecule has 1 unspecified atom stereocenters. The second-order valence-electron chi connectivity index (χ2n) is 7.27. The van der Waals surface area contributed by atoms with E-state index in [0.717, 1.165) is 5.69 Å². The highest BCUT2D eigenvalue weighted by Crippen LogP contribution is 2.42. The molecule has 0 radical (unpaired) electrons. The Balaban J connectivity index is 1.45. The van der Waals surface area contributed by atoms with Crippen molar-refractivity contribution in [3.05, 3.63) is 53.6 Å². The van der Waals surface area contributed by atoms with Gasteiger partial charge in [0.05, 0.1) is 17.0 Å². The topological polar surface area (TPSA) is 122 Å². The summed E-state index contributed by atoms with van der Waals surface area (Å²) < 4.78 is 32.6. The molecule has 0 bridgehead atoms. The number of amides is 1. The van der Waals surface area contributed by atoms with Gasteiger partial charge in [0.15, 0.2) is 11.3 Å². The van der Waals surface area contributed by atoms with Crippen molar-refractivity contribution >= 4 is 56.0 Å². The maximum absolute atomic E-state index is 12.6. The fourth-order valence-electron chi connectivity index (χ4n) is 3.30. The molecule has 0 fully saturated rings. The van der Waals surface area contributed by atoms with E-state index in [0.29, 0.717) is 27.9 Å². The molecule has 0 saturated carbocycles. The average Bonchev–Trinajstić information content (AvgIpc) is 3.08. The number of carbonyl (C=O) groups excluding carboxylic acids is 3. The van der Waals surface area contributed by atoms with E-state index in [1.807, 2.05) is 0 Å². The molecule has 0 aromatic heterocycles. The van der Waals surface area contributed by atoms with Gasteiger partial charge in [-0.15, -0.1) is 4.40 Å². The number of nitrogens with zero attached hydrogens (tertiary/aromatic N) is 2. The van der Waals surface area contributed by atoms with Gasteiger partial charge in [-0.25, -0.2) is 13.2 Å². The van der Waals surface area contributed by atoms with Gasteiger partial charge in [0.1, 0.15) is 0 Å². The van der Waals surface area contributed by atoms with Crippen LogP contribution < -0.4 is 10.2 Å². The fraction of sp³-hybridized carbons (Fsp3) is 0.238. The van der Waals surface area contributed by atoms with Crippen molar-refractivity contribution in [1.29, 1.82) is 0 Å². The molecule has 1 atom stereocenters. The van der Waals surface area contributed by atoms with Crippen molar-refractivity contribution < 1.29 is 27.5 Å². The predicted octanol–water partition coefficient (Wildman–Crippen LogP) is 2.68. The number of anilines is 2. The third-order valence-electron chi connectivity index (χ3n) is 4.85. The van der Waals surface area contributed by atoms with E-state index in [4.69, 9.17) is 4.74 Å². The lowest BCUT2D eigenvalue weighted by Crippen LogP contribution is -2.35. The third kappa shape index (κ3) is 4.53. The first kappa shape index (κ1) is 22.0. The predicted molar refractivity (Wildman–Crippen MR) is 121 cm³/mol. The van der Waals surface area contributed by atoms with E-state index in [-0.39, 0.29) is 23.0 Å². The summed E-state index contributed by atoms with van der Waals surface area (Å²) in [5, 5.41) is 2.98. The van der Waals surface area contributed by atoms with Crippen LogP contribution in [-0.4, -0.2) is 49.6 Å². The molecule has 166 valence electrons. The number of nitrogens with one attached hydrogen (secondary N) is 1. The summed E-state index contributed by atoms with van der Waals surface area (Å²) in [5.74, 6) is -1.32. The molecule has 11 heteroatoms. The summed E-state index contributed by atoms with van der Waals surface area (Å²) in [6, 6.07) is 11.2. The molecule has 0 saturated heterocycles. The van der Waals surface area contributed by atoms with E-state index in [2.05, 4.69) is 9.71 Å². The monoisotopic (exact) mass is 473 g/mol. The Labute approximate surface area is 188 Å². The number of benzene rings is 2. The average molecular weight is 474 g/mol. The van der Waals surface area contributed by atoms with Crippen molar-refractivity contribution in [3.63, 3.8) is 0 Å². The number of hydrogen-bond acceptors (Lipinski definition) is 8. The zero-order valence-corrected chi connectivity index (χ0v) is 18.8. The largest absolute Gasteiger partial charge is 0.451 e. The Morgan fingerprint density at radius 2 is 1.81 bits per heavy atom. The zero-order chi connectivity index (χ0) is 23.0. The van der Waals surface area contributed by atoms with Crippen LogP contribution >= 0.6 is 11.8 Å². The normalized spacial score (nSPS) is 16.9. The summed E-state index contributed by atoms with van der Waals surface area (Å²) in [7, 11) is -3.47. The standard InChI is InChI=1S/C21H19N3O6S2/c1-12(19(26)14-3-6-16(7-4-14)22-13(2)25)30-20(27)15-5-8-17-18(11-15)31-21-23-32(28,29)10-9-24(17)21/h3-8,11-12H,9-10H2,1-2H3,(H,22,25). The number of thioether (sulfide) groups is 1. The van der Waals surface area contributed by atoms with Gasteiger partial charge >= 0.3 is 5.97 Å². The molecular formula is C21H19N3O6S2. The summed E-state index contributed by atoms with van der Waals surface area (Å²) in [4.78, 5) is 38.8. The quantitative estimate of drug-likeness (QED) is 0.520. The Morgan fingerprint density at radius 3 is 2.50 bits per heavy atom. The van der Waals surface area contributed by atoms with Gasteiger partial charge in [0, 0.05) is 29.6 Å². The number of carbonyl (C=O) groups is 3. The van der Waals surface area contributed by atoms with E-state index < -0.39 is 22.1 Å². The van der Waals surface area contributed by atoms with Gasteiger partial charge in [-0.1, -0.05) is 0 Å².